The average molecular weight is 288 g/mol. The third-order valence-corrected chi connectivity index (χ3v) is 4.86. The molecule has 0 amide bonds. The van der Waals surface area contributed by atoms with Gasteiger partial charge in [-0.05, 0) is 32.8 Å². The van der Waals surface area contributed by atoms with Crippen LogP contribution in [0.4, 0.5) is 0 Å². The van der Waals surface area contributed by atoms with Crippen molar-refractivity contribution in [3.8, 4) is 5.75 Å². The summed E-state index contributed by atoms with van der Waals surface area (Å²) in [6.45, 7) is 4.21. The highest BCUT2D eigenvalue weighted by atomic mass is 32.1. The van der Waals surface area contributed by atoms with Crippen LogP contribution in [-0.2, 0) is 0 Å². The number of hydrogen-bond acceptors (Lipinski definition) is 4. The number of aryl methyl sites for hydroxylation is 2. The molecule has 1 aliphatic carbocycles. The molecule has 1 aromatic heterocycles. The third-order valence-electron chi connectivity index (χ3n) is 3.72. The van der Waals surface area contributed by atoms with Gasteiger partial charge >= 0.3 is 0 Å². The summed E-state index contributed by atoms with van der Waals surface area (Å²) in [4.78, 5) is 6.03. The lowest BCUT2D eigenvalue weighted by Gasteiger charge is -2.19. The van der Waals surface area contributed by atoms with Crippen LogP contribution < -0.4 is 10.1 Å². The minimum Gasteiger partial charge on any atom is -0.496 e. The number of thiazole rings is 1. The van der Waals surface area contributed by atoms with Gasteiger partial charge in [-0.15, -0.1) is 11.3 Å². The van der Waals surface area contributed by atoms with Crippen molar-refractivity contribution in [1.82, 2.24) is 10.3 Å². The van der Waals surface area contributed by atoms with Gasteiger partial charge in [-0.25, -0.2) is 4.98 Å². The van der Waals surface area contributed by atoms with E-state index in [4.69, 9.17) is 9.72 Å². The molecule has 0 bridgehead atoms. The van der Waals surface area contributed by atoms with Crippen molar-refractivity contribution in [2.24, 2.45) is 0 Å². The number of para-hydroxylation sites is 1. The first kappa shape index (κ1) is 13.6. The summed E-state index contributed by atoms with van der Waals surface area (Å²) in [6.07, 6.45) is 2.52. The Kier molecular flexibility index (Phi) is 3.76. The molecule has 1 heterocycles. The molecule has 3 rings (SSSR count). The van der Waals surface area contributed by atoms with Crippen LogP contribution in [0.5, 0.6) is 5.75 Å². The van der Waals surface area contributed by atoms with Gasteiger partial charge < -0.3 is 10.1 Å². The highest BCUT2D eigenvalue weighted by Crippen LogP contribution is 2.35. The van der Waals surface area contributed by atoms with Crippen LogP contribution in [-0.4, -0.2) is 18.1 Å². The Labute approximate surface area is 124 Å². The highest BCUT2D eigenvalue weighted by molar-refractivity contribution is 7.11. The molecule has 1 saturated carbocycles. The van der Waals surface area contributed by atoms with Crippen molar-refractivity contribution in [3.05, 3.63) is 45.4 Å². The van der Waals surface area contributed by atoms with Crippen molar-refractivity contribution >= 4 is 11.3 Å². The van der Waals surface area contributed by atoms with Crippen molar-refractivity contribution in [3.63, 3.8) is 0 Å². The van der Waals surface area contributed by atoms with Gasteiger partial charge in [-0.1, -0.05) is 18.2 Å². The molecule has 106 valence electrons. The summed E-state index contributed by atoms with van der Waals surface area (Å²) < 4.78 is 5.52. The molecule has 0 aliphatic heterocycles. The number of benzene rings is 1. The maximum atomic E-state index is 5.52. The summed E-state index contributed by atoms with van der Waals surface area (Å²) in [5, 5.41) is 4.84. The first-order chi connectivity index (χ1) is 9.69. The second kappa shape index (κ2) is 5.54. The van der Waals surface area contributed by atoms with Gasteiger partial charge in [0, 0.05) is 16.5 Å². The van der Waals surface area contributed by atoms with Crippen LogP contribution in [0, 0.1) is 13.8 Å². The molecular weight excluding hydrogens is 268 g/mol. The third kappa shape index (κ3) is 2.72. The van der Waals surface area contributed by atoms with Gasteiger partial charge in [0.25, 0.3) is 0 Å². The number of rotatable bonds is 5. The van der Waals surface area contributed by atoms with E-state index in [-0.39, 0.29) is 6.04 Å². The Hall–Kier alpha value is -1.39. The highest BCUT2D eigenvalue weighted by Gasteiger charge is 2.29. The molecule has 0 spiro atoms. The van der Waals surface area contributed by atoms with E-state index < -0.39 is 0 Å². The number of nitrogens with zero attached hydrogens (tertiary/aromatic N) is 1. The fraction of sp³-hybridized carbons (Fsp3) is 0.438. The van der Waals surface area contributed by atoms with Crippen LogP contribution in [0.3, 0.4) is 0 Å². The largest absolute Gasteiger partial charge is 0.496 e. The summed E-state index contributed by atoms with van der Waals surface area (Å²) in [5.41, 5.74) is 2.30. The van der Waals surface area contributed by atoms with Crippen molar-refractivity contribution in [1.29, 1.82) is 0 Å². The van der Waals surface area contributed by atoms with Gasteiger partial charge in [0.15, 0.2) is 0 Å². The number of ether oxygens (including phenoxy) is 1. The van der Waals surface area contributed by atoms with Gasteiger partial charge in [0.05, 0.1) is 18.8 Å². The molecule has 0 saturated heterocycles. The normalized spacial score (nSPS) is 16.1. The van der Waals surface area contributed by atoms with Gasteiger partial charge in [0.1, 0.15) is 10.8 Å². The minimum absolute atomic E-state index is 0.135. The van der Waals surface area contributed by atoms with Crippen LogP contribution in [0.1, 0.15) is 40.0 Å². The smallest absolute Gasteiger partial charge is 0.124 e. The number of hydrogen-bond donors (Lipinski definition) is 1. The molecular formula is C16H20N2OS. The zero-order chi connectivity index (χ0) is 14.1. The predicted octanol–water partition coefficient (Wildman–Crippen LogP) is 3.61. The Morgan fingerprint density at radius 2 is 2.05 bits per heavy atom. The standard InChI is InChI=1S/C16H20N2OS/c1-10-11(2)20-16(17-10)15(18-12-8-9-12)13-6-4-5-7-14(13)19-3/h4-7,12,15,18H,8-9H2,1-3H3. The maximum Gasteiger partial charge on any atom is 0.124 e. The molecule has 1 N–H and O–H groups in total. The Balaban J connectivity index is 2.00. The first-order valence-electron chi connectivity index (χ1n) is 7.02. The number of nitrogens with one attached hydrogen (secondary N) is 1. The van der Waals surface area contributed by atoms with Crippen molar-refractivity contribution < 1.29 is 4.74 Å². The lowest BCUT2D eigenvalue weighted by Crippen LogP contribution is -2.24. The van der Waals surface area contributed by atoms with Crippen LogP contribution in [0.2, 0.25) is 0 Å². The molecule has 1 unspecified atom stereocenters. The van der Waals surface area contributed by atoms with E-state index in [0.717, 1.165) is 16.5 Å². The van der Waals surface area contributed by atoms with Gasteiger partial charge in [0.2, 0.25) is 0 Å². The second-order valence-corrected chi connectivity index (χ2v) is 6.54. The summed E-state index contributed by atoms with van der Waals surface area (Å²) >= 11 is 1.78. The van der Waals surface area contributed by atoms with Crippen molar-refractivity contribution in [2.45, 2.75) is 38.8 Å². The number of aromatic nitrogens is 1. The first-order valence-corrected chi connectivity index (χ1v) is 7.83. The van der Waals surface area contributed by atoms with E-state index in [0.29, 0.717) is 6.04 Å². The summed E-state index contributed by atoms with van der Waals surface area (Å²) in [7, 11) is 1.73. The number of methoxy groups -OCH3 is 1. The van der Waals surface area contributed by atoms with Crippen LogP contribution in [0.15, 0.2) is 24.3 Å². The summed E-state index contributed by atoms with van der Waals surface area (Å²) in [5.74, 6) is 0.927. The van der Waals surface area contributed by atoms with E-state index in [1.807, 2.05) is 12.1 Å². The lowest BCUT2D eigenvalue weighted by molar-refractivity contribution is 0.403. The molecule has 20 heavy (non-hydrogen) atoms. The molecule has 4 heteroatoms. The quantitative estimate of drug-likeness (QED) is 0.912. The van der Waals surface area contributed by atoms with Crippen LogP contribution in [0.25, 0.3) is 0 Å². The maximum absolute atomic E-state index is 5.52. The SMILES string of the molecule is COc1ccccc1C(NC1CC1)c1nc(C)c(C)s1. The summed E-state index contributed by atoms with van der Waals surface area (Å²) in [6, 6.07) is 8.97. The zero-order valence-electron chi connectivity index (χ0n) is 12.1. The van der Waals surface area contributed by atoms with Crippen LogP contribution >= 0.6 is 11.3 Å². The topological polar surface area (TPSA) is 34.1 Å². The monoisotopic (exact) mass is 288 g/mol. The fourth-order valence-electron chi connectivity index (χ4n) is 2.31. The zero-order valence-corrected chi connectivity index (χ0v) is 13.0. The van der Waals surface area contributed by atoms with E-state index in [9.17, 15) is 0 Å². The fourth-order valence-corrected chi connectivity index (χ4v) is 3.31. The Bertz CT molecular complexity index is 585. The Morgan fingerprint density at radius 1 is 1.30 bits per heavy atom. The average Bonchev–Trinajstić information content (AvgIpc) is 3.22. The van der Waals surface area contributed by atoms with Gasteiger partial charge in [-0.3, -0.25) is 0 Å². The molecule has 3 nitrogen and oxygen atoms in total. The predicted molar refractivity (Wildman–Crippen MR) is 82.6 cm³/mol. The van der Waals surface area contributed by atoms with E-state index in [1.165, 1.54) is 23.3 Å². The van der Waals surface area contributed by atoms with E-state index in [1.54, 1.807) is 18.4 Å². The Morgan fingerprint density at radius 3 is 2.65 bits per heavy atom. The molecule has 1 aromatic carbocycles. The molecule has 1 aliphatic rings. The van der Waals surface area contributed by atoms with Gasteiger partial charge in [-0.2, -0.15) is 0 Å². The minimum atomic E-state index is 0.135. The van der Waals surface area contributed by atoms with E-state index >= 15 is 0 Å². The lowest BCUT2D eigenvalue weighted by atomic mass is 10.1. The molecule has 0 radical (unpaired) electrons. The van der Waals surface area contributed by atoms with E-state index in [2.05, 4.69) is 31.3 Å². The second-order valence-electron chi connectivity index (χ2n) is 5.31. The molecule has 2 aromatic rings. The molecule has 1 fully saturated rings. The molecule has 1 atom stereocenters. The van der Waals surface area contributed by atoms with Crippen molar-refractivity contribution in [2.75, 3.05) is 7.11 Å².